The number of hydrogen-bond acceptors (Lipinski definition) is 2. The first-order valence-electron chi connectivity index (χ1n) is 20.3. The molecule has 11 rings (SSSR count). The van der Waals surface area contributed by atoms with Gasteiger partial charge in [0.05, 0.1) is 16.7 Å². The third-order valence-electron chi connectivity index (χ3n) is 12.5. The van der Waals surface area contributed by atoms with E-state index in [1.165, 1.54) is 81.9 Å². The molecule has 8 aromatic carbocycles. The molecule has 10 aromatic rings. The second kappa shape index (κ2) is 13.7. The van der Waals surface area contributed by atoms with Crippen LogP contribution in [0.2, 0.25) is 0 Å². The molecule has 0 atom stereocenters. The van der Waals surface area contributed by atoms with Crippen molar-refractivity contribution >= 4 is 60.8 Å². The molecule has 2 heterocycles. The normalized spacial score (nSPS) is 14.1. The van der Waals surface area contributed by atoms with Gasteiger partial charge in [-0.1, -0.05) is 147 Å². The third kappa shape index (κ3) is 5.57. The Balaban J connectivity index is 1.03. The lowest BCUT2D eigenvalue weighted by atomic mass is 9.65. The predicted molar refractivity (Wildman–Crippen MR) is 238 cm³/mol. The molecule has 1 saturated carbocycles. The Kier molecular flexibility index (Phi) is 8.06. The second-order valence-electron chi connectivity index (χ2n) is 15.6. The summed E-state index contributed by atoms with van der Waals surface area (Å²) in [7, 11) is 0. The van der Waals surface area contributed by atoms with Gasteiger partial charge in [0, 0.05) is 44.0 Å². The van der Waals surface area contributed by atoms with E-state index < -0.39 is 0 Å². The van der Waals surface area contributed by atoms with Gasteiger partial charge in [-0.15, -0.1) is 0 Å². The maximum Gasteiger partial charge on any atom is 0.159 e. The molecule has 1 aliphatic rings. The van der Waals surface area contributed by atoms with Gasteiger partial charge in [-0.2, -0.15) is 0 Å². The lowest BCUT2D eigenvalue weighted by Crippen LogP contribution is -2.30. The fraction of sp³-hybridized carbons (Fsp3) is 0.111. The van der Waals surface area contributed by atoms with Crippen LogP contribution in [0, 0.1) is 0 Å². The average Bonchev–Trinajstić information content (AvgIpc) is 3.84. The summed E-state index contributed by atoms with van der Waals surface area (Å²) in [5, 5.41) is 4.76. The average molecular weight is 735 g/mol. The molecule has 0 saturated heterocycles. The highest BCUT2D eigenvalue weighted by Crippen LogP contribution is 2.47. The molecule has 1 fully saturated rings. The fourth-order valence-corrected chi connectivity index (χ4v) is 9.73. The Bertz CT molecular complexity index is 3020. The molecule has 0 radical (unpaired) electrons. The highest BCUT2D eigenvalue weighted by molar-refractivity contribution is 6.11. The van der Waals surface area contributed by atoms with Crippen LogP contribution in [-0.4, -0.2) is 4.57 Å². The number of furan rings is 1. The zero-order valence-electron chi connectivity index (χ0n) is 31.8. The Morgan fingerprint density at radius 1 is 0.439 bits per heavy atom. The van der Waals surface area contributed by atoms with E-state index in [2.05, 4.69) is 198 Å². The largest absolute Gasteiger partial charge is 0.454 e. The highest BCUT2D eigenvalue weighted by Gasteiger charge is 2.35. The minimum atomic E-state index is 0.0395. The Morgan fingerprint density at radius 3 is 1.81 bits per heavy atom. The maximum absolute atomic E-state index is 6.66. The summed E-state index contributed by atoms with van der Waals surface area (Å²) in [5.74, 6) is 0. The van der Waals surface area contributed by atoms with Crippen molar-refractivity contribution in [1.29, 1.82) is 0 Å². The van der Waals surface area contributed by atoms with Gasteiger partial charge in [0.2, 0.25) is 0 Å². The number of para-hydroxylation sites is 4. The summed E-state index contributed by atoms with van der Waals surface area (Å²) in [4.78, 5) is 2.37. The summed E-state index contributed by atoms with van der Waals surface area (Å²) >= 11 is 0. The topological polar surface area (TPSA) is 21.3 Å². The molecule has 0 bridgehead atoms. The minimum absolute atomic E-state index is 0.0395. The van der Waals surface area contributed by atoms with E-state index >= 15 is 0 Å². The first-order valence-corrected chi connectivity index (χ1v) is 20.3. The molecule has 2 aromatic heterocycles. The van der Waals surface area contributed by atoms with E-state index in [-0.39, 0.29) is 5.41 Å². The molecule has 0 amide bonds. The molecule has 3 heteroatoms. The van der Waals surface area contributed by atoms with E-state index in [0.717, 1.165) is 39.0 Å². The first kappa shape index (κ1) is 33.5. The van der Waals surface area contributed by atoms with Crippen molar-refractivity contribution in [2.75, 3.05) is 4.90 Å². The van der Waals surface area contributed by atoms with Crippen LogP contribution in [-0.2, 0) is 5.41 Å². The predicted octanol–water partition coefficient (Wildman–Crippen LogP) is 15.1. The lowest BCUT2D eigenvalue weighted by Gasteiger charge is -2.39. The highest BCUT2D eigenvalue weighted by atomic mass is 16.3. The van der Waals surface area contributed by atoms with Gasteiger partial charge in [-0.25, -0.2) is 0 Å². The van der Waals surface area contributed by atoms with E-state index in [1.54, 1.807) is 0 Å². The number of hydrogen-bond donors (Lipinski definition) is 0. The van der Waals surface area contributed by atoms with Crippen molar-refractivity contribution in [3.8, 4) is 16.8 Å². The van der Waals surface area contributed by atoms with E-state index in [1.807, 2.05) is 6.07 Å². The first-order chi connectivity index (χ1) is 28.2. The molecule has 0 aliphatic heterocycles. The van der Waals surface area contributed by atoms with Crippen LogP contribution < -0.4 is 4.90 Å². The van der Waals surface area contributed by atoms with Gasteiger partial charge in [-0.05, 0) is 102 Å². The van der Waals surface area contributed by atoms with Crippen molar-refractivity contribution in [2.24, 2.45) is 0 Å². The molecule has 274 valence electrons. The second-order valence-corrected chi connectivity index (χ2v) is 15.6. The molecule has 0 spiro atoms. The number of rotatable bonds is 7. The molecule has 3 nitrogen and oxygen atoms in total. The molecule has 0 unspecified atom stereocenters. The van der Waals surface area contributed by atoms with Crippen molar-refractivity contribution in [2.45, 2.75) is 37.5 Å². The summed E-state index contributed by atoms with van der Waals surface area (Å²) in [6.45, 7) is 0. The summed E-state index contributed by atoms with van der Waals surface area (Å²) in [6.07, 6.45) is 6.18. The lowest BCUT2D eigenvalue weighted by molar-refractivity contribution is 0.346. The quantitative estimate of drug-likeness (QED) is 0.163. The van der Waals surface area contributed by atoms with Crippen LogP contribution in [0.4, 0.5) is 17.1 Å². The van der Waals surface area contributed by atoms with Gasteiger partial charge in [-0.3, -0.25) is 0 Å². The SMILES string of the molecule is c1ccc(-n2c3ccccc3c3cc(-c4ccc(N(c5ccc(C6(c7ccccc7)CCCCC6)cc5)c5cccc6c5oc5ccccc56)cc4)ccc32)cc1. The van der Waals surface area contributed by atoms with E-state index in [4.69, 9.17) is 4.42 Å². The Morgan fingerprint density at radius 2 is 1.04 bits per heavy atom. The van der Waals surface area contributed by atoms with E-state index in [9.17, 15) is 0 Å². The molecule has 0 N–H and O–H groups in total. The Labute approximate surface area is 333 Å². The summed E-state index contributed by atoms with van der Waals surface area (Å²) in [6, 6.07) is 70.8. The van der Waals surface area contributed by atoms with Crippen molar-refractivity contribution in [1.82, 2.24) is 4.57 Å². The number of benzene rings is 8. The van der Waals surface area contributed by atoms with Gasteiger partial charge in [0.15, 0.2) is 5.58 Å². The van der Waals surface area contributed by atoms with E-state index in [0.29, 0.717) is 0 Å². The monoisotopic (exact) mass is 734 g/mol. The van der Waals surface area contributed by atoms with Crippen LogP contribution in [0.3, 0.4) is 0 Å². The van der Waals surface area contributed by atoms with Crippen LogP contribution in [0.5, 0.6) is 0 Å². The zero-order valence-corrected chi connectivity index (χ0v) is 31.8. The molecule has 1 aliphatic carbocycles. The maximum atomic E-state index is 6.66. The standard InChI is InChI=1S/C54H42N2O/c1-4-15-40(16-5-1)54(35-12-3-13-36-54)41-28-32-44(33-29-41)55(51-23-14-21-47-46-20-9-11-24-52(46)57-53(47)51)43-30-25-38(26-31-43)39-27-34-50-48(37-39)45-19-8-10-22-49(45)56(50)42-17-6-2-7-18-42/h1-2,4-11,14-34,37H,3,12-13,35-36H2. The number of fused-ring (bicyclic) bond motifs is 6. The molecular formula is C54H42N2O. The van der Waals surface area contributed by atoms with Crippen LogP contribution in [0.15, 0.2) is 199 Å². The minimum Gasteiger partial charge on any atom is -0.454 e. The van der Waals surface area contributed by atoms with Gasteiger partial charge >= 0.3 is 0 Å². The number of nitrogens with zero attached hydrogens (tertiary/aromatic N) is 2. The number of aromatic nitrogens is 1. The number of anilines is 3. The van der Waals surface area contributed by atoms with Crippen LogP contribution in [0.25, 0.3) is 60.6 Å². The zero-order chi connectivity index (χ0) is 37.8. The third-order valence-corrected chi connectivity index (χ3v) is 12.5. The summed E-state index contributed by atoms with van der Waals surface area (Å²) < 4.78 is 9.03. The van der Waals surface area contributed by atoms with Crippen molar-refractivity contribution in [3.05, 3.63) is 205 Å². The summed E-state index contributed by atoms with van der Waals surface area (Å²) in [5.41, 5.74) is 13.8. The Hall–Kier alpha value is -6.84. The van der Waals surface area contributed by atoms with Crippen molar-refractivity contribution in [3.63, 3.8) is 0 Å². The van der Waals surface area contributed by atoms with Gasteiger partial charge < -0.3 is 13.9 Å². The van der Waals surface area contributed by atoms with Crippen LogP contribution in [0.1, 0.15) is 43.2 Å². The van der Waals surface area contributed by atoms with Crippen LogP contribution >= 0.6 is 0 Å². The molecular weight excluding hydrogens is 693 g/mol. The fourth-order valence-electron chi connectivity index (χ4n) is 9.73. The van der Waals surface area contributed by atoms with Crippen molar-refractivity contribution < 1.29 is 4.42 Å². The van der Waals surface area contributed by atoms with Gasteiger partial charge in [0.25, 0.3) is 0 Å². The molecule has 57 heavy (non-hydrogen) atoms. The smallest absolute Gasteiger partial charge is 0.159 e. The van der Waals surface area contributed by atoms with Gasteiger partial charge in [0.1, 0.15) is 5.58 Å².